The van der Waals surface area contributed by atoms with E-state index in [4.69, 9.17) is 14.2 Å². The lowest BCUT2D eigenvalue weighted by molar-refractivity contribution is 0.0544. The monoisotopic (exact) mass is 324 g/mol. The molecule has 0 radical (unpaired) electrons. The van der Waals surface area contributed by atoms with Crippen LogP contribution in [0.1, 0.15) is 0 Å². The first-order valence-corrected chi connectivity index (χ1v) is 6.98. The fraction of sp³-hybridized carbons (Fsp3) is 0.333. The van der Waals surface area contributed by atoms with E-state index in [-0.39, 0.29) is 0 Å². The molecule has 0 spiro atoms. The second-order valence-corrected chi connectivity index (χ2v) is 5.02. The Labute approximate surface area is 121 Å². The Morgan fingerprint density at radius 1 is 0.895 bits per heavy atom. The lowest BCUT2D eigenvalue weighted by atomic mass is 10.1. The van der Waals surface area contributed by atoms with Crippen LogP contribution < -0.4 is 4.74 Å². The molecule has 102 valence electrons. The predicted molar refractivity (Wildman–Crippen MR) is 79.8 cm³/mol. The molecule has 0 N–H and O–H groups in total. The molecule has 0 amide bonds. The van der Waals surface area contributed by atoms with Crippen molar-refractivity contribution in [2.45, 2.75) is 0 Å². The second kappa shape index (κ2) is 7.48. The third-order valence-corrected chi connectivity index (χ3v) is 3.20. The van der Waals surface area contributed by atoms with Crippen LogP contribution in [0.2, 0.25) is 0 Å². The highest BCUT2D eigenvalue weighted by Gasteiger charge is 1.98. The normalized spacial score (nSPS) is 10.8. The summed E-state index contributed by atoms with van der Waals surface area (Å²) in [6, 6.07) is 12.3. The Morgan fingerprint density at radius 2 is 1.63 bits per heavy atom. The molecule has 2 rings (SSSR count). The maximum atomic E-state index is 5.65. The van der Waals surface area contributed by atoms with Crippen LogP contribution in [-0.4, -0.2) is 33.5 Å². The molecule has 19 heavy (non-hydrogen) atoms. The van der Waals surface area contributed by atoms with Crippen LogP contribution in [-0.2, 0) is 9.47 Å². The van der Waals surface area contributed by atoms with Crippen molar-refractivity contribution in [3.8, 4) is 5.75 Å². The molecule has 0 bridgehead atoms. The summed E-state index contributed by atoms with van der Waals surface area (Å²) in [6.45, 7) is 2.34. The summed E-state index contributed by atoms with van der Waals surface area (Å²) in [5.41, 5.74) is 0. The van der Waals surface area contributed by atoms with Crippen LogP contribution in [0.25, 0.3) is 10.8 Å². The molecule has 0 aliphatic heterocycles. The molecule has 0 saturated carbocycles. The van der Waals surface area contributed by atoms with Crippen LogP contribution >= 0.6 is 15.9 Å². The smallest absolute Gasteiger partial charge is 0.120 e. The second-order valence-electron chi connectivity index (χ2n) is 4.11. The van der Waals surface area contributed by atoms with Crippen LogP contribution in [0.4, 0.5) is 0 Å². The highest BCUT2D eigenvalue weighted by atomic mass is 79.9. The Balaban J connectivity index is 1.86. The van der Waals surface area contributed by atoms with Gasteiger partial charge < -0.3 is 14.2 Å². The predicted octanol–water partition coefficient (Wildman–Crippen LogP) is 3.64. The van der Waals surface area contributed by atoms with Gasteiger partial charge in [-0.25, -0.2) is 0 Å². The third kappa shape index (κ3) is 4.49. The molecule has 3 nitrogen and oxygen atoms in total. The summed E-state index contributed by atoms with van der Waals surface area (Å²) in [5, 5.41) is 2.36. The zero-order chi connectivity index (χ0) is 13.5. The van der Waals surface area contributed by atoms with E-state index >= 15 is 0 Å². The van der Waals surface area contributed by atoms with Crippen LogP contribution in [0.15, 0.2) is 40.9 Å². The highest BCUT2D eigenvalue weighted by Crippen LogP contribution is 2.23. The number of benzene rings is 2. The highest BCUT2D eigenvalue weighted by molar-refractivity contribution is 9.10. The van der Waals surface area contributed by atoms with E-state index in [1.807, 2.05) is 18.2 Å². The van der Waals surface area contributed by atoms with E-state index in [1.54, 1.807) is 7.11 Å². The van der Waals surface area contributed by atoms with Gasteiger partial charge in [0, 0.05) is 11.6 Å². The van der Waals surface area contributed by atoms with Gasteiger partial charge in [0.2, 0.25) is 0 Å². The van der Waals surface area contributed by atoms with Gasteiger partial charge in [0.15, 0.2) is 0 Å². The summed E-state index contributed by atoms with van der Waals surface area (Å²) >= 11 is 3.46. The van der Waals surface area contributed by atoms with Gasteiger partial charge in [0.25, 0.3) is 0 Å². The van der Waals surface area contributed by atoms with Crippen molar-refractivity contribution >= 4 is 26.7 Å². The summed E-state index contributed by atoms with van der Waals surface area (Å²) in [5.74, 6) is 0.866. The van der Waals surface area contributed by atoms with Gasteiger partial charge in [-0.05, 0) is 35.0 Å². The van der Waals surface area contributed by atoms with Gasteiger partial charge >= 0.3 is 0 Å². The Kier molecular flexibility index (Phi) is 5.63. The number of halogens is 1. The Hall–Kier alpha value is -1.10. The molecule has 0 saturated heterocycles. The summed E-state index contributed by atoms with van der Waals surface area (Å²) in [4.78, 5) is 0. The molecule has 0 aliphatic rings. The minimum Gasteiger partial charge on any atom is -0.491 e. The van der Waals surface area contributed by atoms with E-state index in [1.165, 1.54) is 10.8 Å². The van der Waals surface area contributed by atoms with E-state index in [9.17, 15) is 0 Å². The summed E-state index contributed by atoms with van der Waals surface area (Å²) in [6.07, 6.45) is 0. The SMILES string of the molecule is COCCOCCOc1ccc2cc(Br)ccc2c1. The fourth-order valence-corrected chi connectivity index (χ4v) is 2.13. The standard InChI is InChI=1S/C15H17BrO3/c1-17-6-7-18-8-9-19-15-5-3-12-10-14(16)4-2-13(12)11-15/h2-5,10-11H,6-9H2,1H3. The van der Waals surface area contributed by atoms with Crippen LogP contribution in [0.3, 0.4) is 0 Å². The first-order valence-electron chi connectivity index (χ1n) is 6.18. The Bertz CT molecular complexity index is 528. The van der Waals surface area contributed by atoms with Crippen LogP contribution in [0.5, 0.6) is 5.75 Å². The van der Waals surface area contributed by atoms with Crippen molar-refractivity contribution in [3.63, 3.8) is 0 Å². The number of hydrogen-bond donors (Lipinski definition) is 0. The minimum absolute atomic E-state index is 0.547. The topological polar surface area (TPSA) is 27.7 Å². The zero-order valence-electron chi connectivity index (χ0n) is 10.9. The fourth-order valence-electron chi connectivity index (χ4n) is 1.75. The van der Waals surface area contributed by atoms with Crippen molar-refractivity contribution < 1.29 is 14.2 Å². The maximum absolute atomic E-state index is 5.65. The maximum Gasteiger partial charge on any atom is 0.120 e. The molecular weight excluding hydrogens is 308 g/mol. The summed E-state index contributed by atoms with van der Waals surface area (Å²) in [7, 11) is 1.66. The van der Waals surface area contributed by atoms with Crippen molar-refractivity contribution in [3.05, 3.63) is 40.9 Å². The molecule has 0 fully saturated rings. The first kappa shape index (κ1) is 14.3. The quantitative estimate of drug-likeness (QED) is 0.728. The number of methoxy groups -OCH3 is 1. The van der Waals surface area contributed by atoms with E-state index in [0.29, 0.717) is 26.4 Å². The molecule has 2 aromatic carbocycles. The molecule has 0 aliphatic carbocycles. The van der Waals surface area contributed by atoms with E-state index in [0.717, 1.165) is 10.2 Å². The van der Waals surface area contributed by atoms with Crippen LogP contribution in [0, 0.1) is 0 Å². The molecule has 0 aromatic heterocycles. The number of fused-ring (bicyclic) bond motifs is 1. The number of ether oxygens (including phenoxy) is 3. The van der Waals surface area contributed by atoms with Gasteiger partial charge in [-0.1, -0.05) is 28.1 Å². The molecule has 4 heteroatoms. The van der Waals surface area contributed by atoms with Crippen molar-refractivity contribution in [2.75, 3.05) is 33.5 Å². The zero-order valence-corrected chi connectivity index (χ0v) is 12.5. The van der Waals surface area contributed by atoms with Gasteiger partial charge in [-0.3, -0.25) is 0 Å². The van der Waals surface area contributed by atoms with Crippen molar-refractivity contribution in [1.82, 2.24) is 0 Å². The first-order chi connectivity index (χ1) is 9.29. The lowest BCUT2D eigenvalue weighted by Crippen LogP contribution is -2.09. The third-order valence-electron chi connectivity index (χ3n) is 2.70. The van der Waals surface area contributed by atoms with E-state index < -0.39 is 0 Å². The molecule has 2 aromatic rings. The van der Waals surface area contributed by atoms with E-state index in [2.05, 4.69) is 34.1 Å². The van der Waals surface area contributed by atoms with Gasteiger partial charge in [0.1, 0.15) is 12.4 Å². The average Bonchev–Trinajstić information content (AvgIpc) is 2.43. The minimum atomic E-state index is 0.547. The molecule has 0 atom stereocenters. The van der Waals surface area contributed by atoms with Gasteiger partial charge in [0.05, 0.1) is 19.8 Å². The average molecular weight is 325 g/mol. The molecular formula is C15H17BrO3. The van der Waals surface area contributed by atoms with Gasteiger partial charge in [-0.15, -0.1) is 0 Å². The Morgan fingerprint density at radius 3 is 2.47 bits per heavy atom. The van der Waals surface area contributed by atoms with Crippen molar-refractivity contribution in [1.29, 1.82) is 0 Å². The van der Waals surface area contributed by atoms with Gasteiger partial charge in [-0.2, -0.15) is 0 Å². The molecule has 0 heterocycles. The largest absolute Gasteiger partial charge is 0.491 e. The summed E-state index contributed by atoms with van der Waals surface area (Å²) < 4.78 is 17.0. The lowest BCUT2D eigenvalue weighted by Gasteiger charge is -2.08. The van der Waals surface area contributed by atoms with Crippen molar-refractivity contribution in [2.24, 2.45) is 0 Å². The number of hydrogen-bond acceptors (Lipinski definition) is 3. The number of rotatable bonds is 7. The molecule has 0 unspecified atom stereocenters.